The van der Waals surface area contributed by atoms with Crippen molar-refractivity contribution in [2.75, 3.05) is 0 Å². The number of thioether (sulfide) groups is 1. The van der Waals surface area contributed by atoms with E-state index < -0.39 is 0 Å². The largest absolute Gasteiger partial charge is 0.274 e. The molecule has 2 aromatic heterocycles. The maximum Gasteiger partial charge on any atom is 0.196 e. The summed E-state index contributed by atoms with van der Waals surface area (Å²) in [6, 6.07) is 15.4. The molecule has 2 heterocycles. The molecule has 0 amide bonds. The van der Waals surface area contributed by atoms with E-state index in [2.05, 4.69) is 21.3 Å². The lowest BCUT2D eigenvalue weighted by Gasteiger charge is -2.08. The molecule has 0 bridgehead atoms. The Balaban J connectivity index is 1.85. The zero-order valence-corrected chi connectivity index (χ0v) is 12.8. The van der Waals surface area contributed by atoms with E-state index >= 15 is 0 Å². The van der Waals surface area contributed by atoms with Gasteiger partial charge >= 0.3 is 0 Å². The Morgan fingerprint density at radius 3 is 2.64 bits per heavy atom. The minimum Gasteiger partial charge on any atom is -0.274 e. The zero-order valence-electron chi connectivity index (χ0n) is 12.0. The van der Waals surface area contributed by atoms with Gasteiger partial charge in [0.1, 0.15) is 5.82 Å². The fourth-order valence-electron chi connectivity index (χ4n) is 2.04. The van der Waals surface area contributed by atoms with Crippen LogP contribution < -0.4 is 0 Å². The van der Waals surface area contributed by atoms with Gasteiger partial charge in [0, 0.05) is 17.6 Å². The second-order valence-electron chi connectivity index (χ2n) is 4.63. The Kier molecular flexibility index (Phi) is 4.17. The molecule has 0 saturated heterocycles. The highest BCUT2D eigenvalue weighted by Gasteiger charge is 2.11. The molecule has 108 valence electrons. The molecule has 3 rings (SSSR count). The third-order valence-corrected chi connectivity index (χ3v) is 4.09. The topological polar surface area (TPSA) is 67.4 Å². The van der Waals surface area contributed by atoms with Gasteiger partial charge in [-0.2, -0.15) is 5.26 Å². The third kappa shape index (κ3) is 3.00. The quantitative estimate of drug-likeness (QED) is 0.693. The molecule has 0 unspecified atom stereocenters. The minimum absolute atomic E-state index is 0.636. The van der Waals surface area contributed by atoms with Crippen LogP contribution in [0, 0.1) is 18.3 Å². The molecule has 0 atom stereocenters. The lowest BCUT2D eigenvalue weighted by Crippen LogP contribution is -1.99. The first-order valence-corrected chi connectivity index (χ1v) is 7.72. The van der Waals surface area contributed by atoms with Gasteiger partial charge in [0.15, 0.2) is 5.16 Å². The van der Waals surface area contributed by atoms with Crippen LogP contribution in [0.25, 0.3) is 5.69 Å². The number of hydrogen-bond acceptors (Lipinski definition) is 5. The highest BCUT2D eigenvalue weighted by Crippen LogP contribution is 2.24. The summed E-state index contributed by atoms with van der Waals surface area (Å²) in [6.07, 6.45) is 1.78. The Morgan fingerprint density at radius 2 is 1.95 bits per heavy atom. The van der Waals surface area contributed by atoms with Gasteiger partial charge in [-0.1, -0.05) is 17.8 Å². The average Bonchev–Trinajstić information content (AvgIpc) is 2.95. The molecule has 0 saturated carbocycles. The lowest BCUT2D eigenvalue weighted by molar-refractivity contribution is 0.867. The van der Waals surface area contributed by atoms with E-state index in [1.54, 1.807) is 30.1 Å². The van der Waals surface area contributed by atoms with Crippen molar-refractivity contribution in [3.63, 3.8) is 0 Å². The van der Waals surface area contributed by atoms with Gasteiger partial charge in [-0.25, -0.2) is 0 Å². The molecule has 0 N–H and O–H groups in total. The first-order valence-electron chi connectivity index (χ1n) is 6.73. The molecule has 22 heavy (non-hydrogen) atoms. The van der Waals surface area contributed by atoms with Gasteiger partial charge < -0.3 is 0 Å². The average molecular weight is 307 g/mol. The number of aromatic nitrogens is 4. The minimum atomic E-state index is 0.636. The van der Waals surface area contributed by atoms with Gasteiger partial charge in [0.25, 0.3) is 0 Å². The summed E-state index contributed by atoms with van der Waals surface area (Å²) in [5.74, 6) is 1.54. The maximum absolute atomic E-state index is 8.89. The Hall–Kier alpha value is -2.65. The maximum atomic E-state index is 8.89. The Morgan fingerprint density at radius 1 is 1.14 bits per heavy atom. The summed E-state index contributed by atoms with van der Waals surface area (Å²) < 4.78 is 1.98. The van der Waals surface area contributed by atoms with Crippen molar-refractivity contribution in [2.24, 2.45) is 0 Å². The summed E-state index contributed by atoms with van der Waals surface area (Å²) >= 11 is 1.59. The molecule has 0 aliphatic rings. The monoisotopic (exact) mass is 307 g/mol. The fraction of sp³-hybridized carbons (Fsp3) is 0.125. The van der Waals surface area contributed by atoms with E-state index in [4.69, 9.17) is 5.26 Å². The van der Waals surface area contributed by atoms with Crippen LogP contribution >= 0.6 is 11.8 Å². The van der Waals surface area contributed by atoms with E-state index in [-0.39, 0.29) is 0 Å². The molecule has 3 aromatic rings. The Labute approximate surface area is 132 Å². The van der Waals surface area contributed by atoms with Crippen LogP contribution in [0.3, 0.4) is 0 Å². The predicted molar refractivity (Wildman–Crippen MR) is 84.6 cm³/mol. The van der Waals surface area contributed by atoms with E-state index in [0.717, 1.165) is 28.1 Å². The van der Waals surface area contributed by atoms with Crippen LogP contribution in [0.1, 0.15) is 17.1 Å². The number of aryl methyl sites for hydroxylation is 1. The van der Waals surface area contributed by atoms with Gasteiger partial charge in [-0.3, -0.25) is 9.55 Å². The van der Waals surface area contributed by atoms with Crippen LogP contribution in [0.2, 0.25) is 0 Å². The number of nitrogens with zero attached hydrogens (tertiary/aromatic N) is 5. The van der Waals surface area contributed by atoms with Crippen LogP contribution in [0.5, 0.6) is 0 Å². The van der Waals surface area contributed by atoms with Crippen molar-refractivity contribution in [2.45, 2.75) is 17.8 Å². The van der Waals surface area contributed by atoms with E-state index in [9.17, 15) is 0 Å². The molecule has 6 heteroatoms. The van der Waals surface area contributed by atoms with Gasteiger partial charge in [0.05, 0.1) is 17.3 Å². The molecule has 0 aliphatic carbocycles. The molecule has 0 fully saturated rings. The smallest absolute Gasteiger partial charge is 0.196 e. The summed E-state index contributed by atoms with van der Waals surface area (Å²) in [7, 11) is 0. The molecular formula is C16H13N5S. The first-order chi connectivity index (χ1) is 10.8. The van der Waals surface area contributed by atoms with Crippen molar-refractivity contribution in [1.82, 2.24) is 19.7 Å². The summed E-state index contributed by atoms with van der Waals surface area (Å²) in [5.41, 5.74) is 2.58. The van der Waals surface area contributed by atoms with Crippen LogP contribution in [-0.2, 0) is 5.75 Å². The molecule has 0 spiro atoms. The molecule has 1 aromatic carbocycles. The molecule has 0 radical (unpaired) electrons. The van der Waals surface area contributed by atoms with Crippen molar-refractivity contribution in [1.29, 1.82) is 5.26 Å². The summed E-state index contributed by atoms with van der Waals surface area (Å²) in [5, 5.41) is 18.1. The van der Waals surface area contributed by atoms with E-state index in [1.165, 1.54) is 0 Å². The predicted octanol–water partition coefficient (Wildman–Crippen LogP) is 3.13. The lowest BCUT2D eigenvalue weighted by atomic mass is 10.2. The van der Waals surface area contributed by atoms with Crippen LogP contribution in [-0.4, -0.2) is 19.7 Å². The summed E-state index contributed by atoms with van der Waals surface area (Å²) in [4.78, 5) is 4.31. The number of nitriles is 1. The van der Waals surface area contributed by atoms with Gasteiger partial charge in [-0.15, -0.1) is 10.2 Å². The van der Waals surface area contributed by atoms with Crippen molar-refractivity contribution in [3.8, 4) is 11.8 Å². The molecular weight excluding hydrogens is 294 g/mol. The number of pyridine rings is 1. The van der Waals surface area contributed by atoms with Crippen LogP contribution in [0.15, 0.2) is 53.8 Å². The first kappa shape index (κ1) is 14.3. The Bertz CT molecular complexity index is 803. The second kappa shape index (κ2) is 6.41. The SMILES string of the molecule is Cc1nnc(SCc2ccccn2)n1-c1ccc(C#N)cc1. The van der Waals surface area contributed by atoms with Crippen molar-refractivity contribution < 1.29 is 0 Å². The van der Waals surface area contributed by atoms with Crippen molar-refractivity contribution >= 4 is 11.8 Å². The normalized spacial score (nSPS) is 10.4. The number of hydrogen-bond donors (Lipinski definition) is 0. The molecule has 0 aliphatic heterocycles. The zero-order chi connectivity index (χ0) is 15.4. The standard InChI is InChI=1S/C16H13N5S/c1-12-19-20-16(22-11-14-4-2-3-9-18-14)21(12)15-7-5-13(10-17)6-8-15/h2-9H,11H2,1H3. The third-order valence-electron chi connectivity index (χ3n) is 3.13. The van der Waals surface area contributed by atoms with Crippen molar-refractivity contribution in [3.05, 3.63) is 65.7 Å². The second-order valence-corrected chi connectivity index (χ2v) is 5.58. The highest BCUT2D eigenvalue weighted by atomic mass is 32.2. The van der Waals surface area contributed by atoms with E-state index in [1.807, 2.05) is 41.8 Å². The fourth-order valence-corrected chi connectivity index (χ4v) is 2.95. The van der Waals surface area contributed by atoms with Crippen LogP contribution in [0.4, 0.5) is 0 Å². The molecule has 5 nitrogen and oxygen atoms in total. The summed E-state index contributed by atoms with van der Waals surface area (Å²) in [6.45, 7) is 1.91. The number of benzene rings is 1. The highest BCUT2D eigenvalue weighted by molar-refractivity contribution is 7.98. The number of rotatable bonds is 4. The van der Waals surface area contributed by atoms with Gasteiger partial charge in [-0.05, 0) is 43.3 Å². The van der Waals surface area contributed by atoms with Gasteiger partial charge in [0.2, 0.25) is 0 Å². The van der Waals surface area contributed by atoms with E-state index in [0.29, 0.717) is 5.56 Å².